The highest BCUT2D eigenvalue weighted by atomic mass is 19.1. The molecular formula is C18H23FN2O3. The van der Waals surface area contributed by atoms with Crippen LogP contribution in [-0.2, 0) is 9.59 Å². The van der Waals surface area contributed by atoms with E-state index in [2.05, 4.69) is 10.6 Å². The number of carbonyl (C=O) groups is 2. The molecule has 1 fully saturated rings. The number of aliphatic hydroxyl groups is 1. The van der Waals surface area contributed by atoms with Crippen molar-refractivity contribution in [1.82, 2.24) is 5.32 Å². The zero-order valence-corrected chi connectivity index (χ0v) is 13.6. The average molecular weight is 334 g/mol. The van der Waals surface area contributed by atoms with E-state index in [4.69, 9.17) is 0 Å². The van der Waals surface area contributed by atoms with Gasteiger partial charge in [-0.05, 0) is 30.5 Å². The second-order valence-electron chi connectivity index (χ2n) is 6.73. The van der Waals surface area contributed by atoms with E-state index in [0.29, 0.717) is 11.3 Å². The Bertz CT molecular complexity index is 635. The second-order valence-corrected chi connectivity index (χ2v) is 6.73. The number of nitrogens with one attached hydrogen (secondary N) is 2. The smallest absolute Gasteiger partial charge is 0.228 e. The highest BCUT2D eigenvalue weighted by Gasteiger charge is 2.33. The standard InChI is InChI=1S/C18H23FN2O3/c19-12-6-7-13-14(9-17(23)20-16(13)8-12)18(24)21-15-5-3-1-2-4-11(15)10-22/h6-8,11,14-15,22H,1-5,9-10H2,(H,20,23)(H,21,24). The molecule has 1 aliphatic carbocycles. The third-order valence-electron chi connectivity index (χ3n) is 5.09. The molecule has 24 heavy (non-hydrogen) atoms. The monoisotopic (exact) mass is 334 g/mol. The minimum Gasteiger partial charge on any atom is -0.396 e. The summed E-state index contributed by atoms with van der Waals surface area (Å²) in [5, 5.41) is 15.2. The molecule has 1 heterocycles. The summed E-state index contributed by atoms with van der Waals surface area (Å²) < 4.78 is 13.4. The zero-order chi connectivity index (χ0) is 17.1. The summed E-state index contributed by atoms with van der Waals surface area (Å²) in [7, 11) is 0. The van der Waals surface area contributed by atoms with E-state index < -0.39 is 11.7 Å². The fourth-order valence-corrected chi connectivity index (χ4v) is 3.75. The SMILES string of the molecule is O=C1CC(C(=O)NC2CCCCCC2CO)c2ccc(F)cc2N1. The first kappa shape index (κ1) is 16.9. The summed E-state index contributed by atoms with van der Waals surface area (Å²) >= 11 is 0. The minimum absolute atomic E-state index is 0.0535. The summed E-state index contributed by atoms with van der Waals surface area (Å²) in [5.41, 5.74) is 1.01. The topological polar surface area (TPSA) is 78.4 Å². The van der Waals surface area contributed by atoms with Crippen LogP contribution in [0.15, 0.2) is 18.2 Å². The van der Waals surface area contributed by atoms with Crippen molar-refractivity contribution in [2.24, 2.45) is 5.92 Å². The van der Waals surface area contributed by atoms with Crippen molar-refractivity contribution < 1.29 is 19.1 Å². The lowest BCUT2D eigenvalue weighted by Crippen LogP contribution is -2.44. The van der Waals surface area contributed by atoms with Crippen molar-refractivity contribution in [2.75, 3.05) is 11.9 Å². The van der Waals surface area contributed by atoms with Gasteiger partial charge in [-0.15, -0.1) is 0 Å². The maximum Gasteiger partial charge on any atom is 0.228 e. The molecule has 6 heteroatoms. The summed E-state index contributed by atoms with van der Waals surface area (Å²) in [6, 6.07) is 4.04. The number of amides is 2. The number of fused-ring (bicyclic) bond motifs is 1. The Morgan fingerprint density at radius 1 is 1.29 bits per heavy atom. The number of aliphatic hydroxyl groups excluding tert-OH is 1. The van der Waals surface area contributed by atoms with Crippen molar-refractivity contribution in [3.8, 4) is 0 Å². The summed E-state index contributed by atoms with van der Waals surface area (Å²) in [4.78, 5) is 24.6. The van der Waals surface area contributed by atoms with Crippen molar-refractivity contribution in [1.29, 1.82) is 0 Å². The molecule has 0 saturated heterocycles. The van der Waals surface area contributed by atoms with Gasteiger partial charge in [0.1, 0.15) is 5.82 Å². The van der Waals surface area contributed by atoms with Crippen LogP contribution in [0.25, 0.3) is 0 Å². The lowest BCUT2D eigenvalue weighted by molar-refractivity contribution is -0.127. The Morgan fingerprint density at radius 3 is 2.88 bits per heavy atom. The van der Waals surface area contributed by atoms with Crippen LogP contribution in [0.1, 0.15) is 50.0 Å². The van der Waals surface area contributed by atoms with Gasteiger partial charge in [0.15, 0.2) is 0 Å². The number of halogens is 1. The van der Waals surface area contributed by atoms with Gasteiger partial charge in [-0.2, -0.15) is 0 Å². The fourth-order valence-electron chi connectivity index (χ4n) is 3.75. The van der Waals surface area contributed by atoms with Crippen LogP contribution in [0.4, 0.5) is 10.1 Å². The van der Waals surface area contributed by atoms with E-state index in [1.807, 2.05) is 0 Å². The Morgan fingerprint density at radius 2 is 2.08 bits per heavy atom. The van der Waals surface area contributed by atoms with Crippen molar-refractivity contribution in [3.05, 3.63) is 29.6 Å². The number of hydrogen-bond donors (Lipinski definition) is 3. The van der Waals surface area contributed by atoms with E-state index in [0.717, 1.165) is 32.1 Å². The van der Waals surface area contributed by atoms with Crippen LogP contribution < -0.4 is 10.6 Å². The van der Waals surface area contributed by atoms with Gasteiger partial charge < -0.3 is 15.7 Å². The highest BCUT2D eigenvalue weighted by Crippen LogP contribution is 2.33. The van der Waals surface area contributed by atoms with Gasteiger partial charge in [-0.1, -0.05) is 25.3 Å². The van der Waals surface area contributed by atoms with Crippen LogP contribution in [0.5, 0.6) is 0 Å². The van der Waals surface area contributed by atoms with Gasteiger partial charge in [0.2, 0.25) is 11.8 Å². The number of rotatable bonds is 3. The molecule has 1 aromatic rings. The number of carbonyl (C=O) groups excluding carboxylic acids is 2. The highest BCUT2D eigenvalue weighted by molar-refractivity contribution is 6.01. The Hall–Kier alpha value is -1.95. The number of benzene rings is 1. The Kier molecular flexibility index (Phi) is 5.14. The normalized spacial score (nSPS) is 26.9. The predicted octanol–water partition coefficient (Wildman–Crippen LogP) is 2.31. The molecule has 3 unspecified atom stereocenters. The molecule has 2 aliphatic rings. The average Bonchev–Trinajstić information content (AvgIpc) is 2.78. The molecule has 3 rings (SSSR count). The predicted molar refractivity (Wildman–Crippen MR) is 88.0 cm³/mol. The first-order chi connectivity index (χ1) is 11.6. The van der Waals surface area contributed by atoms with Gasteiger partial charge in [-0.25, -0.2) is 4.39 Å². The Labute approximate surface area is 140 Å². The zero-order valence-electron chi connectivity index (χ0n) is 13.6. The molecule has 3 atom stereocenters. The maximum absolute atomic E-state index is 13.4. The third kappa shape index (κ3) is 3.59. The molecule has 1 aliphatic heterocycles. The molecule has 1 saturated carbocycles. The van der Waals surface area contributed by atoms with Gasteiger partial charge in [0.05, 0.1) is 5.92 Å². The molecule has 3 N–H and O–H groups in total. The van der Waals surface area contributed by atoms with Crippen LogP contribution in [-0.4, -0.2) is 29.6 Å². The van der Waals surface area contributed by atoms with Gasteiger partial charge in [-0.3, -0.25) is 9.59 Å². The largest absolute Gasteiger partial charge is 0.396 e. The van der Waals surface area contributed by atoms with Gasteiger partial charge >= 0.3 is 0 Å². The lowest BCUT2D eigenvalue weighted by Gasteiger charge is -2.29. The van der Waals surface area contributed by atoms with E-state index in [1.165, 1.54) is 12.1 Å². The van der Waals surface area contributed by atoms with Crippen LogP contribution in [0.3, 0.4) is 0 Å². The summed E-state index contributed by atoms with van der Waals surface area (Å²) in [6.45, 7) is 0.0535. The molecule has 0 bridgehead atoms. The molecule has 0 spiro atoms. The molecule has 2 amide bonds. The van der Waals surface area contributed by atoms with Crippen molar-refractivity contribution in [3.63, 3.8) is 0 Å². The molecule has 130 valence electrons. The molecule has 0 radical (unpaired) electrons. The molecule has 0 aromatic heterocycles. The van der Waals surface area contributed by atoms with Crippen LogP contribution in [0, 0.1) is 11.7 Å². The Balaban J connectivity index is 1.78. The lowest BCUT2D eigenvalue weighted by atomic mass is 9.88. The second kappa shape index (κ2) is 7.30. The van der Waals surface area contributed by atoms with E-state index >= 15 is 0 Å². The molecular weight excluding hydrogens is 311 g/mol. The van der Waals surface area contributed by atoms with Crippen molar-refractivity contribution >= 4 is 17.5 Å². The summed E-state index contributed by atoms with van der Waals surface area (Å²) in [5.74, 6) is -1.51. The molecule has 5 nitrogen and oxygen atoms in total. The first-order valence-corrected chi connectivity index (χ1v) is 8.59. The van der Waals surface area contributed by atoms with E-state index in [-0.39, 0.29) is 36.8 Å². The first-order valence-electron chi connectivity index (χ1n) is 8.59. The fraction of sp³-hybridized carbons (Fsp3) is 0.556. The van der Waals surface area contributed by atoms with E-state index in [9.17, 15) is 19.1 Å². The van der Waals surface area contributed by atoms with Gasteiger partial charge in [0, 0.05) is 30.7 Å². The van der Waals surface area contributed by atoms with Crippen LogP contribution >= 0.6 is 0 Å². The van der Waals surface area contributed by atoms with Crippen LogP contribution in [0.2, 0.25) is 0 Å². The quantitative estimate of drug-likeness (QED) is 0.742. The number of anilines is 1. The third-order valence-corrected chi connectivity index (χ3v) is 5.09. The van der Waals surface area contributed by atoms with E-state index in [1.54, 1.807) is 6.07 Å². The minimum atomic E-state index is -0.614. The molecule has 1 aromatic carbocycles. The van der Waals surface area contributed by atoms with Crippen molar-refractivity contribution in [2.45, 2.75) is 50.5 Å². The maximum atomic E-state index is 13.4. The van der Waals surface area contributed by atoms with Gasteiger partial charge in [0.25, 0.3) is 0 Å². The number of hydrogen-bond acceptors (Lipinski definition) is 3. The summed E-state index contributed by atoms with van der Waals surface area (Å²) in [6.07, 6.45) is 4.98.